The number of halogens is 1. The zero-order chi connectivity index (χ0) is 12.4. The number of hydrogen-bond acceptors (Lipinski definition) is 3. The summed E-state index contributed by atoms with van der Waals surface area (Å²) in [5, 5.41) is 6.65. The molecule has 0 radical (unpaired) electrons. The molecule has 0 aliphatic heterocycles. The van der Waals surface area contributed by atoms with E-state index in [0.717, 1.165) is 11.3 Å². The minimum atomic E-state index is -0.399. The number of H-pyrrole nitrogens is 1. The first kappa shape index (κ1) is 11.4. The third kappa shape index (κ3) is 2.08. The fourth-order valence-electron chi connectivity index (χ4n) is 1.74. The van der Waals surface area contributed by atoms with Crippen molar-refractivity contribution >= 4 is 5.82 Å². The van der Waals surface area contributed by atoms with E-state index in [9.17, 15) is 4.39 Å². The van der Waals surface area contributed by atoms with Crippen LogP contribution in [0.5, 0.6) is 5.75 Å². The van der Waals surface area contributed by atoms with Crippen LogP contribution in [0.25, 0.3) is 11.1 Å². The van der Waals surface area contributed by atoms with Gasteiger partial charge in [0, 0.05) is 11.3 Å². The Morgan fingerprint density at radius 1 is 1.47 bits per heavy atom. The Hall–Kier alpha value is -2.04. The highest BCUT2D eigenvalue weighted by atomic mass is 19.1. The molecule has 0 aliphatic rings. The number of hydrogen-bond donors (Lipinski definition) is 2. The molecule has 0 unspecified atom stereocenters. The highest BCUT2D eigenvalue weighted by molar-refractivity contribution is 5.76. The molecule has 0 saturated heterocycles. The molecule has 5 heteroatoms. The molecule has 2 aromatic rings. The quantitative estimate of drug-likeness (QED) is 0.859. The second-order valence-corrected chi connectivity index (χ2v) is 3.69. The molecule has 0 saturated carbocycles. The van der Waals surface area contributed by atoms with Crippen LogP contribution in [0.3, 0.4) is 0 Å². The van der Waals surface area contributed by atoms with Gasteiger partial charge in [-0.3, -0.25) is 5.10 Å². The SMILES string of the molecule is CCOc1ccc(-c2c(N)n[nH]c2C)cc1F. The Balaban J connectivity index is 2.45. The smallest absolute Gasteiger partial charge is 0.165 e. The Bertz CT molecular complexity index is 517. The minimum Gasteiger partial charge on any atom is -0.491 e. The van der Waals surface area contributed by atoms with Crippen LogP contribution in [0.2, 0.25) is 0 Å². The van der Waals surface area contributed by atoms with Crippen LogP contribution in [0.1, 0.15) is 12.6 Å². The third-order valence-corrected chi connectivity index (χ3v) is 2.50. The molecule has 0 atom stereocenters. The van der Waals surface area contributed by atoms with Crippen LogP contribution in [-0.2, 0) is 0 Å². The average Bonchev–Trinajstić information content (AvgIpc) is 2.62. The van der Waals surface area contributed by atoms with Crippen LogP contribution < -0.4 is 10.5 Å². The van der Waals surface area contributed by atoms with Crippen LogP contribution in [0.15, 0.2) is 18.2 Å². The first-order valence-electron chi connectivity index (χ1n) is 5.36. The summed E-state index contributed by atoms with van der Waals surface area (Å²) in [4.78, 5) is 0. The number of aryl methyl sites for hydroxylation is 1. The zero-order valence-corrected chi connectivity index (χ0v) is 9.75. The maximum atomic E-state index is 13.7. The lowest BCUT2D eigenvalue weighted by Crippen LogP contribution is -1.95. The van der Waals surface area contributed by atoms with Crippen molar-refractivity contribution in [3.8, 4) is 16.9 Å². The Morgan fingerprint density at radius 2 is 2.24 bits per heavy atom. The van der Waals surface area contributed by atoms with Gasteiger partial charge in [0.25, 0.3) is 0 Å². The lowest BCUT2D eigenvalue weighted by atomic mass is 10.1. The number of nitrogen functional groups attached to an aromatic ring is 1. The summed E-state index contributed by atoms with van der Waals surface area (Å²) < 4.78 is 18.8. The van der Waals surface area contributed by atoms with Gasteiger partial charge in [-0.2, -0.15) is 5.10 Å². The molecule has 0 amide bonds. The van der Waals surface area contributed by atoms with Gasteiger partial charge in [0.15, 0.2) is 17.4 Å². The number of aromatic amines is 1. The normalized spacial score (nSPS) is 10.5. The Kier molecular flexibility index (Phi) is 2.99. The molecule has 3 N–H and O–H groups in total. The summed E-state index contributed by atoms with van der Waals surface area (Å²) in [6.45, 7) is 4.09. The fourth-order valence-corrected chi connectivity index (χ4v) is 1.74. The number of ether oxygens (including phenoxy) is 1. The molecule has 90 valence electrons. The number of anilines is 1. The van der Waals surface area contributed by atoms with E-state index in [0.29, 0.717) is 18.0 Å². The standard InChI is InChI=1S/C12H14FN3O/c1-3-17-10-5-4-8(6-9(10)13)11-7(2)15-16-12(11)14/h4-6H,3H2,1-2H3,(H3,14,15,16). The topological polar surface area (TPSA) is 63.9 Å². The molecular formula is C12H14FN3O. The molecule has 17 heavy (non-hydrogen) atoms. The molecular weight excluding hydrogens is 221 g/mol. The molecule has 0 bridgehead atoms. The highest BCUT2D eigenvalue weighted by Crippen LogP contribution is 2.30. The van der Waals surface area contributed by atoms with Gasteiger partial charge in [0.1, 0.15) is 0 Å². The summed E-state index contributed by atoms with van der Waals surface area (Å²) in [6, 6.07) is 4.77. The molecule has 2 rings (SSSR count). The maximum Gasteiger partial charge on any atom is 0.165 e. The van der Waals surface area contributed by atoms with Crippen molar-refractivity contribution in [2.24, 2.45) is 0 Å². The summed E-state index contributed by atoms with van der Waals surface area (Å²) in [5.74, 6) is 0.214. The number of aromatic nitrogens is 2. The molecule has 0 aliphatic carbocycles. The Labute approximate surface area is 98.6 Å². The number of rotatable bonds is 3. The molecule has 0 fully saturated rings. The van der Waals surface area contributed by atoms with Crippen molar-refractivity contribution in [2.75, 3.05) is 12.3 Å². The zero-order valence-electron chi connectivity index (χ0n) is 9.75. The number of nitrogens with one attached hydrogen (secondary N) is 1. The second-order valence-electron chi connectivity index (χ2n) is 3.69. The molecule has 1 aromatic heterocycles. The monoisotopic (exact) mass is 235 g/mol. The van der Waals surface area contributed by atoms with Crippen LogP contribution in [-0.4, -0.2) is 16.8 Å². The van der Waals surface area contributed by atoms with E-state index in [1.165, 1.54) is 6.07 Å². The van der Waals surface area contributed by atoms with Gasteiger partial charge >= 0.3 is 0 Å². The van der Waals surface area contributed by atoms with Crippen molar-refractivity contribution in [1.82, 2.24) is 10.2 Å². The van der Waals surface area contributed by atoms with Crippen LogP contribution in [0, 0.1) is 12.7 Å². The van der Waals surface area contributed by atoms with Gasteiger partial charge in [0.05, 0.1) is 6.61 Å². The Morgan fingerprint density at radius 3 is 2.76 bits per heavy atom. The first-order valence-corrected chi connectivity index (χ1v) is 5.36. The molecule has 1 aromatic carbocycles. The number of benzene rings is 1. The third-order valence-electron chi connectivity index (χ3n) is 2.50. The van der Waals surface area contributed by atoms with Gasteiger partial charge in [-0.15, -0.1) is 0 Å². The van der Waals surface area contributed by atoms with E-state index in [1.807, 2.05) is 13.8 Å². The van der Waals surface area contributed by atoms with E-state index in [2.05, 4.69) is 10.2 Å². The molecule has 1 heterocycles. The van der Waals surface area contributed by atoms with Crippen LogP contribution in [0.4, 0.5) is 10.2 Å². The highest BCUT2D eigenvalue weighted by Gasteiger charge is 2.12. The number of nitrogens with two attached hydrogens (primary N) is 1. The fraction of sp³-hybridized carbons (Fsp3) is 0.250. The second kappa shape index (κ2) is 4.45. The minimum absolute atomic E-state index is 0.246. The summed E-state index contributed by atoms with van der Waals surface area (Å²) in [7, 11) is 0. The largest absolute Gasteiger partial charge is 0.491 e. The summed E-state index contributed by atoms with van der Waals surface area (Å²) in [6.07, 6.45) is 0. The summed E-state index contributed by atoms with van der Waals surface area (Å²) in [5.41, 5.74) is 7.95. The van der Waals surface area contributed by atoms with Gasteiger partial charge < -0.3 is 10.5 Å². The van der Waals surface area contributed by atoms with Gasteiger partial charge in [-0.25, -0.2) is 4.39 Å². The van der Waals surface area contributed by atoms with Crippen molar-refractivity contribution < 1.29 is 9.13 Å². The number of nitrogens with zero attached hydrogens (tertiary/aromatic N) is 1. The van der Waals surface area contributed by atoms with Gasteiger partial charge in [0.2, 0.25) is 0 Å². The van der Waals surface area contributed by atoms with E-state index in [1.54, 1.807) is 12.1 Å². The predicted molar refractivity (Wildman–Crippen MR) is 64.3 cm³/mol. The van der Waals surface area contributed by atoms with Gasteiger partial charge in [-0.1, -0.05) is 6.07 Å². The van der Waals surface area contributed by atoms with Crippen LogP contribution >= 0.6 is 0 Å². The van der Waals surface area contributed by atoms with E-state index >= 15 is 0 Å². The van der Waals surface area contributed by atoms with Gasteiger partial charge in [-0.05, 0) is 31.5 Å². The lowest BCUT2D eigenvalue weighted by molar-refractivity contribution is 0.321. The first-order chi connectivity index (χ1) is 8.13. The van der Waals surface area contributed by atoms with E-state index in [-0.39, 0.29) is 5.75 Å². The average molecular weight is 235 g/mol. The molecule has 4 nitrogen and oxygen atoms in total. The predicted octanol–water partition coefficient (Wildman–Crippen LogP) is 2.51. The maximum absolute atomic E-state index is 13.7. The van der Waals surface area contributed by atoms with Crippen molar-refractivity contribution in [1.29, 1.82) is 0 Å². The van der Waals surface area contributed by atoms with Crippen molar-refractivity contribution in [3.63, 3.8) is 0 Å². The van der Waals surface area contributed by atoms with Crippen molar-refractivity contribution in [2.45, 2.75) is 13.8 Å². The summed E-state index contributed by atoms with van der Waals surface area (Å²) >= 11 is 0. The van der Waals surface area contributed by atoms with E-state index in [4.69, 9.17) is 10.5 Å². The lowest BCUT2D eigenvalue weighted by Gasteiger charge is -2.07. The van der Waals surface area contributed by atoms with Crippen molar-refractivity contribution in [3.05, 3.63) is 29.7 Å². The molecule has 0 spiro atoms. The van der Waals surface area contributed by atoms with E-state index < -0.39 is 5.82 Å².